The van der Waals surface area contributed by atoms with Gasteiger partial charge in [-0.25, -0.2) is 11.9 Å². The number of hydrogen-bond donors (Lipinski definition) is 0. The van der Waals surface area contributed by atoms with Gasteiger partial charge in [-0.15, -0.1) is 0 Å². The molecule has 0 radical (unpaired) electrons. The minimum absolute atomic E-state index is 0. The Labute approximate surface area is 210 Å². The van der Waals surface area contributed by atoms with E-state index in [0.717, 1.165) is 0 Å². The average molecular weight is 342 g/mol. The van der Waals surface area contributed by atoms with Crippen LogP contribution in [0.1, 0.15) is 33.4 Å². The van der Waals surface area contributed by atoms with Crippen molar-refractivity contribution in [2.45, 2.75) is 14.9 Å². The molecule has 0 heterocycles. The monoisotopic (exact) mass is 340 g/mol. The van der Waals surface area contributed by atoms with E-state index in [9.17, 15) is 0 Å². The number of rotatable bonds is 0. The second kappa shape index (κ2) is 173. The largest absolute Gasteiger partial charge is 1.00 e. The first kappa shape index (κ1) is 106. The molecule has 0 spiro atoms. The molecule has 0 aromatic carbocycles. The molecule has 0 fully saturated rings. The maximum atomic E-state index is 7.72. The Morgan fingerprint density at radius 2 is 0.846 bits per heavy atom. The Hall–Kier alpha value is 5.04. The van der Waals surface area contributed by atoms with Gasteiger partial charge in [0.1, 0.15) is 0 Å². The van der Waals surface area contributed by atoms with Crippen molar-refractivity contribution in [3.8, 4) is 0 Å². The van der Waals surface area contributed by atoms with Gasteiger partial charge in [0.25, 0.3) is 0 Å². The van der Waals surface area contributed by atoms with Crippen LogP contribution in [-0.2, 0) is 0 Å². The summed E-state index contributed by atoms with van der Waals surface area (Å²) < 4.78 is 7.72. The Morgan fingerprint density at radius 3 is 0.846 bits per heavy atom. The molecule has 0 aromatic heterocycles. The molecule has 0 saturated carbocycles. The third-order valence-electron chi connectivity index (χ3n) is 0. The summed E-state index contributed by atoms with van der Waals surface area (Å²) in [6.07, 6.45) is 0. The van der Waals surface area contributed by atoms with E-state index >= 15 is 0 Å². The van der Waals surface area contributed by atoms with E-state index in [2.05, 4.69) is 33.6 Å². The van der Waals surface area contributed by atoms with Crippen LogP contribution in [0.5, 0.6) is 0 Å². The molecule has 0 aliphatic rings. The number of hydrogen-bond acceptors (Lipinski definition) is 2. The first-order chi connectivity index (χ1) is 2.00. The molecule has 0 aliphatic carbocycles. The van der Waals surface area contributed by atoms with Gasteiger partial charge in [0, 0.05) is 38.8 Å². The van der Waals surface area contributed by atoms with Gasteiger partial charge in [0.15, 0.2) is 0 Å². The molecule has 0 aromatic rings. The van der Waals surface area contributed by atoms with Crippen LogP contribution in [0.15, 0.2) is 0 Å². The van der Waals surface area contributed by atoms with E-state index in [-0.39, 0.29) is 175 Å². The Balaban J connectivity index is -0.0000000000758. The molecule has 94 valence electrons. The van der Waals surface area contributed by atoms with Crippen molar-refractivity contribution in [2.75, 3.05) is 0 Å². The molecular weight excluding hydrogens is 306 g/mol. The fourth-order valence-corrected chi connectivity index (χ4v) is 0. The zero-order chi connectivity index (χ0) is 4.00. The summed E-state index contributed by atoms with van der Waals surface area (Å²) in [5, 5.41) is 0. The van der Waals surface area contributed by atoms with Crippen LogP contribution in [0.4, 0.5) is 0 Å². The third-order valence-corrected chi connectivity index (χ3v) is 0. The Morgan fingerprint density at radius 1 is 0.846 bits per heavy atom. The molecule has 0 amide bonds. The van der Waals surface area contributed by atoms with E-state index in [1.54, 1.807) is 0 Å². The van der Waals surface area contributed by atoms with Crippen LogP contribution in [0.3, 0.4) is 0 Å². The third kappa shape index (κ3) is 152. The number of halogens is 4. The molecule has 13 heavy (non-hydrogen) atoms. The van der Waals surface area contributed by atoms with Gasteiger partial charge in [-0.3, -0.25) is 0 Å². The summed E-state index contributed by atoms with van der Waals surface area (Å²) in [5.74, 6) is 0. The summed E-state index contributed by atoms with van der Waals surface area (Å²) in [6.45, 7) is 0. The van der Waals surface area contributed by atoms with Gasteiger partial charge in [-0.2, -0.15) is 0 Å². The standard InChI is InChI=1S/2CH4.Cl2.ClO.ClH.4Na.2H2O.12H2.H/c;;2*1-2;;;;;;;;;;;;;;;;;;;;/h2*1H4;;;1H;;;;;2*1H2;12*1H;/q;;;-1;;4*+1;;;;;;;;;;;;;;;-1/p-2. The van der Waals surface area contributed by atoms with Gasteiger partial charge in [-0.1, -0.05) is 14.9 Å². The van der Waals surface area contributed by atoms with E-state index in [0.29, 0.717) is 0 Å². The van der Waals surface area contributed by atoms with Crippen molar-refractivity contribution < 1.29 is 165 Å². The molecule has 0 bridgehead atoms. The van der Waals surface area contributed by atoms with Crippen molar-refractivity contribution in [1.82, 2.24) is 0 Å². The summed E-state index contributed by atoms with van der Waals surface area (Å²) in [6, 6.07) is 0. The quantitative estimate of drug-likeness (QED) is 0.410. The van der Waals surface area contributed by atoms with Gasteiger partial charge in [0.05, 0.1) is 0 Å². The van der Waals surface area contributed by atoms with E-state index in [4.69, 9.17) is 4.66 Å². The summed E-state index contributed by atoms with van der Waals surface area (Å²) in [5.41, 5.74) is 0. The SMILES string of the molecule is C.C.ClCl.O.[Cl-].[H-].[HH].[HH].[HH].[HH].[HH].[HH].[HH].[HH].[HH].[HH].[HH].[HH].[Na+].[Na+].[Na+].[Na+].[O-]Cl.[OH-]. The fourth-order valence-electron chi connectivity index (χ4n) is 0. The fraction of sp³-hybridized carbons (Fsp3) is 1.00. The Bertz CT molecular complexity index is 51.4. The van der Waals surface area contributed by atoms with Crippen molar-refractivity contribution in [2.24, 2.45) is 0 Å². The minimum atomic E-state index is 0. The maximum absolute atomic E-state index is 7.72. The zero-order valence-corrected chi connectivity index (χ0v) is 17.9. The second-order valence-electron chi connectivity index (χ2n) is 0. The summed E-state index contributed by atoms with van der Waals surface area (Å²) in [4.78, 5) is 0. The predicted molar refractivity (Wildman–Crippen MR) is 63.1 cm³/mol. The van der Waals surface area contributed by atoms with E-state index in [1.807, 2.05) is 0 Å². The van der Waals surface area contributed by atoms with E-state index < -0.39 is 0 Å². The van der Waals surface area contributed by atoms with Crippen molar-refractivity contribution in [3.63, 3.8) is 0 Å². The van der Waals surface area contributed by atoms with E-state index in [1.165, 1.54) is 0 Å². The van der Waals surface area contributed by atoms with Gasteiger partial charge in [0.2, 0.25) is 0 Å². The topological polar surface area (TPSA) is 84.6 Å². The van der Waals surface area contributed by atoms with Crippen LogP contribution in [0.25, 0.3) is 0 Å². The second-order valence-corrected chi connectivity index (χ2v) is 0. The van der Waals surface area contributed by atoms with Gasteiger partial charge < -0.3 is 29.4 Å². The molecule has 0 aliphatic heterocycles. The first-order valence-corrected chi connectivity index (χ1v) is 1.75. The van der Waals surface area contributed by atoms with Gasteiger partial charge >= 0.3 is 118 Å². The Kier molecular flexibility index (Phi) is 1400. The van der Waals surface area contributed by atoms with Crippen LogP contribution >= 0.6 is 33.6 Å². The van der Waals surface area contributed by atoms with Crippen molar-refractivity contribution in [3.05, 3.63) is 0 Å². The average Bonchev–Trinajstić information content (AvgIpc) is 1.50. The molecule has 0 atom stereocenters. The normalized spacial score (nSPS) is 0.923. The smallest absolute Gasteiger partial charge is 1.00 e. The molecule has 0 unspecified atom stereocenters. The van der Waals surface area contributed by atoms with Gasteiger partial charge in [-0.05, 0) is 0 Å². The predicted octanol–water partition coefficient (Wildman–Crippen LogP) is -10.8. The maximum Gasteiger partial charge on any atom is 1.00 e. The van der Waals surface area contributed by atoms with Crippen LogP contribution in [0.2, 0.25) is 0 Å². The van der Waals surface area contributed by atoms with Crippen molar-refractivity contribution in [1.29, 1.82) is 0 Å². The van der Waals surface area contributed by atoms with Crippen molar-refractivity contribution >= 4 is 33.6 Å². The summed E-state index contributed by atoms with van der Waals surface area (Å²) in [7, 11) is 8.22. The van der Waals surface area contributed by atoms with Crippen LogP contribution in [0, 0.1) is 0 Å². The molecule has 0 saturated heterocycles. The molecule has 11 heteroatoms. The molecular formula is C2H36Cl4Na4O3. The first-order valence-electron chi connectivity index (χ1n) is 0.297. The van der Waals surface area contributed by atoms with Crippen LogP contribution < -0.4 is 135 Å². The minimum Gasteiger partial charge on any atom is -1.00 e. The molecule has 3 N–H and O–H groups in total. The van der Waals surface area contributed by atoms with Crippen LogP contribution in [-0.4, -0.2) is 11.0 Å². The summed E-state index contributed by atoms with van der Waals surface area (Å²) >= 11 is 3.39. The zero-order valence-electron chi connectivity index (χ0n) is 7.87. The molecule has 0 rings (SSSR count). The molecule has 3 nitrogen and oxygen atoms in total.